The number of nitrogens with zero attached hydrogens (tertiary/aromatic N) is 3. The van der Waals surface area contributed by atoms with Gasteiger partial charge < -0.3 is 16.2 Å². The monoisotopic (exact) mass is 500 g/mol. The molecule has 1 amide bonds. The molecule has 3 rings (SSSR count). The molecule has 1 aliphatic carbocycles. The average Bonchev–Trinajstić information content (AvgIpc) is 2.78. The van der Waals surface area contributed by atoms with E-state index >= 15 is 0 Å². The highest BCUT2D eigenvalue weighted by molar-refractivity contribution is 6.31. The lowest BCUT2D eigenvalue weighted by Gasteiger charge is -2.30. The summed E-state index contributed by atoms with van der Waals surface area (Å²) >= 11 is 5.98. The van der Waals surface area contributed by atoms with Crippen LogP contribution in [0.1, 0.15) is 43.4 Å². The number of hydrazine groups is 1. The number of aliphatic hydroxyl groups is 1. The van der Waals surface area contributed by atoms with Crippen LogP contribution in [0, 0.1) is 11.6 Å². The van der Waals surface area contributed by atoms with Crippen molar-refractivity contribution in [3.8, 4) is 11.1 Å². The second kappa shape index (κ2) is 12.0. The number of hydrogen-bond acceptors (Lipinski definition) is 6. The smallest absolute Gasteiger partial charge is 0.252 e. The summed E-state index contributed by atoms with van der Waals surface area (Å²) in [5.74, 6) is 3.20. The van der Waals surface area contributed by atoms with Crippen LogP contribution in [0.5, 0.6) is 0 Å². The zero-order valence-electron chi connectivity index (χ0n) is 18.9. The van der Waals surface area contributed by atoms with Gasteiger partial charge in [-0.2, -0.15) is 0 Å². The molecule has 1 aromatic carbocycles. The van der Waals surface area contributed by atoms with Gasteiger partial charge in [0.05, 0.1) is 25.0 Å². The Kier molecular flexibility index (Phi) is 9.66. The standard InChI is InChI=1S/C21H25ClF2N6O2.CH3F/c1-30(26)29-19(25)18-14(8-13(22)9-16(18)24)12-7-15(23)17(27-10-12)11-28-20(31)21(32)5-3-2-4-6-21;1-2/h7-10,32H,2-6,11,26H2,1H3,(H2,25,29)(H,28,31);1H3. The van der Waals surface area contributed by atoms with Crippen molar-refractivity contribution in [2.45, 2.75) is 44.2 Å². The molecule has 1 aromatic heterocycles. The molecular formula is C22H28ClF3N6O2. The summed E-state index contributed by atoms with van der Waals surface area (Å²) in [4.78, 5) is 16.4. The highest BCUT2D eigenvalue weighted by Crippen LogP contribution is 2.31. The Morgan fingerprint density at radius 2 is 1.88 bits per heavy atom. The van der Waals surface area contributed by atoms with E-state index in [9.17, 15) is 23.1 Å². The van der Waals surface area contributed by atoms with Crippen molar-refractivity contribution >= 4 is 23.3 Å². The Morgan fingerprint density at radius 1 is 1.24 bits per heavy atom. The number of pyridine rings is 1. The number of carbonyl (C=O) groups excluding carboxylic acids is 1. The van der Waals surface area contributed by atoms with E-state index in [0.29, 0.717) is 20.0 Å². The van der Waals surface area contributed by atoms with E-state index in [4.69, 9.17) is 23.2 Å². The molecule has 0 saturated heterocycles. The van der Waals surface area contributed by atoms with Gasteiger partial charge in [0.1, 0.15) is 17.2 Å². The molecule has 6 N–H and O–H groups in total. The maximum atomic E-state index is 14.8. The Labute approximate surface area is 200 Å². The van der Waals surface area contributed by atoms with Crippen molar-refractivity contribution < 1.29 is 23.1 Å². The predicted molar refractivity (Wildman–Crippen MR) is 124 cm³/mol. The van der Waals surface area contributed by atoms with Crippen LogP contribution in [0.2, 0.25) is 5.02 Å². The van der Waals surface area contributed by atoms with Gasteiger partial charge in [0, 0.05) is 23.8 Å². The second-order valence-electron chi connectivity index (χ2n) is 7.80. The Morgan fingerprint density at radius 3 is 2.47 bits per heavy atom. The fourth-order valence-corrected chi connectivity index (χ4v) is 3.92. The molecule has 8 nitrogen and oxygen atoms in total. The third-order valence-electron chi connectivity index (χ3n) is 5.32. The van der Waals surface area contributed by atoms with Gasteiger partial charge >= 0.3 is 0 Å². The van der Waals surface area contributed by atoms with Gasteiger partial charge in [-0.1, -0.05) is 30.9 Å². The molecule has 0 aliphatic heterocycles. The third-order valence-corrected chi connectivity index (χ3v) is 5.54. The number of amides is 1. The maximum absolute atomic E-state index is 14.8. The molecule has 0 atom stereocenters. The summed E-state index contributed by atoms with van der Waals surface area (Å²) in [5.41, 5.74) is 4.69. The fourth-order valence-electron chi connectivity index (χ4n) is 3.72. The molecule has 0 bridgehead atoms. The summed E-state index contributed by atoms with van der Waals surface area (Å²) in [6.45, 7) is -0.203. The number of carbonyl (C=O) groups is 1. The number of hydrazone groups is 1. The van der Waals surface area contributed by atoms with Crippen molar-refractivity contribution in [3.05, 3.63) is 52.3 Å². The Balaban J connectivity index is 0.00000199. The first-order valence-corrected chi connectivity index (χ1v) is 10.8. The van der Waals surface area contributed by atoms with E-state index in [1.165, 1.54) is 19.3 Å². The van der Waals surface area contributed by atoms with Crippen LogP contribution < -0.4 is 16.9 Å². The fraction of sp³-hybridized carbons (Fsp3) is 0.409. The largest absolute Gasteiger partial charge is 0.382 e. The van der Waals surface area contributed by atoms with E-state index in [1.54, 1.807) is 0 Å². The van der Waals surface area contributed by atoms with E-state index < -0.39 is 23.1 Å². The van der Waals surface area contributed by atoms with Crippen LogP contribution >= 0.6 is 11.6 Å². The molecule has 0 spiro atoms. The Hall–Kier alpha value is -2.89. The molecule has 0 radical (unpaired) electrons. The third kappa shape index (κ3) is 6.58. The van der Waals surface area contributed by atoms with Crippen molar-refractivity contribution in [2.75, 3.05) is 14.2 Å². The first-order valence-electron chi connectivity index (χ1n) is 10.5. The maximum Gasteiger partial charge on any atom is 0.252 e. The molecule has 1 saturated carbocycles. The number of nitrogens with one attached hydrogen (secondary N) is 1. The van der Waals surface area contributed by atoms with E-state index in [1.807, 2.05) is 0 Å². The first-order chi connectivity index (χ1) is 16.1. The highest BCUT2D eigenvalue weighted by atomic mass is 35.5. The van der Waals surface area contributed by atoms with Crippen LogP contribution in [0.3, 0.4) is 0 Å². The van der Waals surface area contributed by atoms with Crippen LogP contribution in [0.15, 0.2) is 29.5 Å². The number of nitrogens with two attached hydrogens (primary N) is 2. The summed E-state index contributed by atoms with van der Waals surface area (Å²) in [6.07, 6.45) is 4.55. The number of halogens is 4. The Bertz CT molecular complexity index is 1050. The molecule has 1 fully saturated rings. The van der Waals surface area contributed by atoms with E-state index in [2.05, 4.69) is 15.4 Å². The number of aromatic nitrogens is 1. The SMILES string of the molecule is CF.CN(N)/N=C(\N)c1c(F)cc(Cl)cc1-c1cnc(CNC(=O)C2(O)CCCCC2)c(F)c1. The molecule has 12 heteroatoms. The van der Waals surface area contributed by atoms with Crippen molar-refractivity contribution in [2.24, 2.45) is 16.7 Å². The van der Waals surface area contributed by atoms with E-state index in [-0.39, 0.29) is 39.8 Å². The van der Waals surface area contributed by atoms with E-state index in [0.717, 1.165) is 36.5 Å². The summed E-state index contributed by atoms with van der Waals surface area (Å²) in [6, 6.07) is 3.61. The number of rotatable bonds is 6. The highest BCUT2D eigenvalue weighted by Gasteiger charge is 2.36. The molecule has 1 aliphatic rings. The molecule has 2 aromatic rings. The summed E-state index contributed by atoms with van der Waals surface area (Å²) < 4.78 is 38.9. The number of hydrogen-bond donors (Lipinski definition) is 4. The minimum absolute atomic E-state index is 0.0334. The topological polar surface area (TPSA) is 130 Å². The number of benzene rings is 1. The zero-order chi connectivity index (χ0) is 25.5. The molecule has 34 heavy (non-hydrogen) atoms. The lowest BCUT2D eigenvalue weighted by molar-refractivity contribution is -0.143. The minimum atomic E-state index is -1.44. The van der Waals surface area contributed by atoms with Crippen LogP contribution in [0.25, 0.3) is 11.1 Å². The first kappa shape index (κ1) is 27.4. The van der Waals surface area contributed by atoms with Gasteiger partial charge in [0.25, 0.3) is 5.91 Å². The number of amidine groups is 1. The summed E-state index contributed by atoms with van der Waals surface area (Å²) in [7, 11) is 1.91. The minimum Gasteiger partial charge on any atom is -0.382 e. The molecule has 0 unspecified atom stereocenters. The number of alkyl halides is 1. The van der Waals surface area contributed by atoms with Gasteiger partial charge in [-0.25, -0.2) is 19.7 Å². The van der Waals surface area contributed by atoms with Gasteiger partial charge in [0.2, 0.25) is 0 Å². The lowest BCUT2D eigenvalue weighted by Crippen LogP contribution is -2.47. The molecule has 1 heterocycles. The molecule has 186 valence electrons. The lowest BCUT2D eigenvalue weighted by atomic mass is 9.84. The van der Waals surface area contributed by atoms with Crippen molar-refractivity contribution in [1.29, 1.82) is 0 Å². The quantitative estimate of drug-likeness (QED) is 0.209. The van der Waals surface area contributed by atoms with Gasteiger partial charge in [-0.15, -0.1) is 5.10 Å². The van der Waals surface area contributed by atoms with Crippen LogP contribution in [-0.4, -0.2) is 46.8 Å². The van der Waals surface area contributed by atoms with Gasteiger partial charge in [0.15, 0.2) is 5.84 Å². The van der Waals surface area contributed by atoms with Crippen LogP contribution in [0.4, 0.5) is 13.2 Å². The average molecular weight is 501 g/mol. The van der Waals surface area contributed by atoms with Crippen molar-refractivity contribution in [1.82, 2.24) is 15.4 Å². The van der Waals surface area contributed by atoms with Crippen molar-refractivity contribution in [3.63, 3.8) is 0 Å². The predicted octanol–water partition coefficient (Wildman–Crippen LogP) is 3.00. The van der Waals surface area contributed by atoms with Gasteiger partial charge in [-0.3, -0.25) is 14.2 Å². The van der Waals surface area contributed by atoms with Crippen LogP contribution in [-0.2, 0) is 11.3 Å². The molecular weight excluding hydrogens is 473 g/mol. The normalized spacial score (nSPS) is 15.2. The summed E-state index contributed by atoms with van der Waals surface area (Å²) in [5, 5.41) is 17.8. The second-order valence-corrected chi connectivity index (χ2v) is 8.23. The van der Waals surface area contributed by atoms with Gasteiger partial charge in [-0.05, 0) is 36.6 Å². The zero-order valence-corrected chi connectivity index (χ0v) is 19.7.